The van der Waals surface area contributed by atoms with E-state index >= 15 is 0 Å². The van der Waals surface area contributed by atoms with E-state index in [9.17, 15) is 14.4 Å². The van der Waals surface area contributed by atoms with Crippen LogP contribution in [-0.4, -0.2) is 64.2 Å². The van der Waals surface area contributed by atoms with E-state index in [0.717, 1.165) is 0 Å². The molecule has 1 aromatic rings. The van der Waals surface area contributed by atoms with E-state index in [1.54, 1.807) is 15.9 Å². The first kappa shape index (κ1) is 17.9. The first-order valence-electron chi connectivity index (χ1n) is 8.00. The molecule has 0 aliphatic carbocycles. The van der Waals surface area contributed by atoms with E-state index in [1.165, 1.54) is 19.3 Å². The summed E-state index contributed by atoms with van der Waals surface area (Å²) >= 11 is 0. The van der Waals surface area contributed by atoms with Gasteiger partial charge in [0.05, 0.1) is 11.1 Å². The molecule has 0 spiro atoms. The fraction of sp³-hybridized carbons (Fsp3) is 0.529. The van der Waals surface area contributed by atoms with Crippen LogP contribution in [0.5, 0.6) is 0 Å². The third kappa shape index (κ3) is 4.53. The number of carbonyl (C=O) groups excluding carboxylic acids is 3. The van der Waals surface area contributed by atoms with Crippen molar-refractivity contribution >= 4 is 17.7 Å². The Morgan fingerprint density at radius 1 is 1.00 bits per heavy atom. The highest BCUT2D eigenvalue weighted by molar-refractivity contribution is 5.99. The molecule has 0 atom stereocenters. The van der Waals surface area contributed by atoms with Gasteiger partial charge in [0.25, 0.3) is 11.8 Å². The number of nitrogens with one attached hydrogen (secondary N) is 1. The highest BCUT2D eigenvalue weighted by atomic mass is 16.2. The Kier molecular flexibility index (Phi) is 5.21. The average molecular weight is 332 g/mol. The van der Waals surface area contributed by atoms with Crippen LogP contribution in [0.4, 0.5) is 0 Å². The van der Waals surface area contributed by atoms with Gasteiger partial charge in [0.1, 0.15) is 0 Å². The Hall–Kier alpha value is -2.44. The summed E-state index contributed by atoms with van der Waals surface area (Å²) in [5, 5.41) is 2.85. The molecule has 1 saturated heterocycles. The average Bonchev–Trinajstić information content (AvgIpc) is 2.53. The molecule has 3 amide bonds. The quantitative estimate of drug-likeness (QED) is 0.873. The lowest BCUT2D eigenvalue weighted by Crippen LogP contribution is -2.50. The normalized spacial score (nSPS) is 15.2. The molecule has 130 valence electrons. The predicted molar refractivity (Wildman–Crippen MR) is 89.6 cm³/mol. The molecule has 0 unspecified atom stereocenters. The van der Waals surface area contributed by atoms with Crippen LogP contribution in [-0.2, 0) is 4.79 Å². The van der Waals surface area contributed by atoms with Gasteiger partial charge >= 0.3 is 0 Å². The molecule has 7 nitrogen and oxygen atoms in total. The second-order valence-electron chi connectivity index (χ2n) is 6.96. The van der Waals surface area contributed by atoms with Crippen molar-refractivity contribution in [1.29, 1.82) is 0 Å². The molecular formula is C17H24N4O3. The van der Waals surface area contributed by atoms with E-state index in [-0.39, 0.29) is 23.3 Å². The first-order chi connectivity index (χ1) is 11.2. The molecule has 0 aromatic carbocycles. The van der Waals surface area contributed by atoms with Crippen LogP contribution in [0, 0.1) is 0 Å². The van der Waals surface area contributed by atoms with Crippen molar-refractivity contribution in [3.8, 4) is 0 Å². The van der Waals surface area contributed by atoms with Crippen LogP contribution in [0.1, 0.15) is 48.4 Å². The lowest BCUT2D eigenvalue weighted by atomic mass is 10.1. The van der Waals surface area contributed by atoms with E-state index in [1.807, 2.05) is 20.8 Å². The predicted octanol–water partition coefficient (Wildman–Crippen LogP) is 0.914. The Labute approximate surface area is 142 Å². The van der Waals surface area contributed by atoms with Gasteiger partial charge in [-0.25, -0.2) is 0 Å². The lowest BCUT2D eigenvalue weighted by Gasteiger charge is -2.34. The fourth-order valence-electron chi connectivity index (χ4n) is 2.50. The van der Waals surface area contributed by atoms with Crippen molar-refractivity contribution in [2.45, 2.75) is 33.2 Å². The van der Waals surface area contributed by atoms with Gasteiger partial charge in [-0.2, -0.15) is 0 Å². The van der Waals surface area contributed by atoms with Crippen LogP contribution < -0.4 is 5.32 Å². The second kappa shape index (κ2) is 6.98. The standard InChI is InChI=1S/C17H24N4O3/c1-12(22)20-5-7-21(8-6-20)16(24)14-9-13(10-18-11-14)15(23)19-17(2,3)4/h9-11H,5-8H2,1-4H3,(H,19,23). The van der Waals surface area contributed by atoms with Gasteiger partial charge in [-0.1, -0.05) is 0 Å². The van der Waals surface area contributed by atoms with Crippen LogP contribution >= 0.6 is 0 Å². The maximum absolute atomic E-state index is 12.6. The van der Waals surface area contributed by atoms with Gasteiger partial charge in [0.2, 0.25) is 5.91 Å². The third-order valence-corrected chi connectivity index (χ3v) is 3.75. The molecule has 1 N–H and O–H groups in total. The number of nitrogens with zero attached hydrogens (tertiary/aromatic N) is 3. The smallest absolute Gasteiger partial charge is 0.255 e. The van der Waals surface area contributed by atoms with Gasteiger partial charge in [-0.15, -0.1) is 0 Å². The monoisotopic (exact) mass is 332 g/mol. The van der Waals surface area contributed by atoms with E-state index in [4.69, 9.17) is 0 Å². The van der Waals surface area contributed by atoms with E-state index in [2.05, 4.69) is 10.3 Å². The zero-order valence-electron chi connectivity index (χ0n) is 14.6. The minimum absolute atomic E-state index is 0.0182. The molecule has 0 saturated carbocycles. The van der Waals surface area contributed by atoms with Crippen LogP contribution in [0.15, 0.2) is 18.5 Å². The molecule has 0 radical (unpaired) electrons. The zero-order chi connectivity index (χ0) is 17.9. The maximum Gasteiger partial charge on any atom is 0.255 e. The summed E-state index contributed by atoms with van der Waals surface area (Å²) < 4.78 is 0. The Balaban J connectivity index is 2.07. The highest BCUT2D eigenvalue weighted by Crippen LogP contribution is 2.11. The summed E-state index contributed by atoms with van der Waals surface area (Å²) in [4.78, 5) is 43.6. The molecule has 2 rings (SSSR count). The summed E-state index contributed by atoms with van der Waals surface area (Å²) in [6.45, 7) is 9.22. The number of piperazine rings is 1. The first-order valence-corrected chi connectivity index (χ1v) is 8.00. The summed E-state index contributed by atoms with van der Waals surface area (Å²) in [5.41, 5.74) is 0.381. The van der Waals surface area contributed by atoms with Crippen molar-refractivity contribution < 1.29 is 14.4 Å². The molecule has 1 fully saturated rings. The number of carbonyl (C=O) groups is 3. The highest BCUT2D eigenvalue weighted by Gasteiger charge is 2.24. The summed E-state index contributed by atoms with van der Waals surface area (Å²) in [7, 11) is 0. The molecule has 2 heterocycles. The summed E-state index contributed by atoms with van der Waals surface area (Å²) in [6, 6.07) is 1.56. The van der Waals surface area contributed by atoms with Gasteiger partial charge < -0.3 is 15.1 Å². The molecule has 24 heavy (non-hydrogen) atoms. The van der Waals surface area contributed by atoms with Gasteiger partial charge in [-0.3, -0.25) is 19.4 Å². The number of hydrogen-bond acceptors (Lipinski definition) is 4. The summed E-state index contributed by atoms with van der Waals surface area (Å²) in [5.74, 6) is -0.410. The minimum Gasteiger partial charge on any atom is -0.347 e. The van der Waals surface area contributed by atoms with Crippen molar-refractivity contribution in [3.63, 3.8) is 0 Å². The lowest BCUT2D eigenvalue weighted by molar-refractivity contribution is -0.130. The van der Waals surface area contributed by atoms with Crippen LogP contribution in [0.3, 0.4) is 0 Å². The number of aromatic nitrogens is 1. The summed E-state index contributed by atoms with van der Waals surface area (Å²) in [6.07, 6.45) is 2.92. The SMILES string of the molecule is CC(=O)N1CCN(C(=O)c2cncc(C(=O)NC(C)(C)C)c2)CC1. The van der Waals surface area contributed by atoms with E-state index < -0.39 is 0 Å². The molecule has 1 aromatic heterocycles. The van der Waals surface area contributed by atoms with Crippen LogP contribution in [0.2, 0.25) is 0 Å². The minimum atomic E-state index is -0.361. The van der Waals surface area contributed by atoms with Crippen LogP contribution in [0.25, 0.3) is 0 Å². The Bertz CT molecular complexity index is 643. The van der Waals surface area contributed by atoms with Crippen molar-refractivity contribution in [2.75, 3.05) is 26.2 Å². The molecule has 1 aliphatic heterocycles. The largest absolute Gasteiger partial charge is 0.347 e. The molecule has 1 aliphatic rings. The van der Waals surface area contributed by atoms with Gasteiger partial charge in [0.15, 0.2) is 0 Å². The Morgan fingerprint density at radius 3 is 2.08 bits per heavy atom. The van der Waals surface area contributed by atoms with Crippen molar-refractivity contribution in [3.05, 3.63) is 29.6 Å². The zero-order valence-corrected chi connectivity index (χ0v) is 14.6. The fourth-order valence-corrected chi connectivity index (χ4v) is 2.50. The maximum atomic E-state index is 12.6. The number of hydrogen-bond donors (Lipinski definition) is 1. The number of pyridine rings is 1. The third-order valence-electron chi connectivity index (χ3n) is 3.75. The van der Waals surface area contributed by atoms with Gasteiger partial charge in [0, 0.05) is 51.0 Å². The second-order valence-corrected chi connectivity index (χ2v) is 6.96. The molecule has 0 bridgehead atoms. The number of rotatable bonds is 2. The van der Waals surface area contributed by atoms with Crippen molar-refractivity contribution in [1.82, 2.24) is 20.1 Å². The molecular weight excluding hydrogens is 308 g/mol. The molecule has 7 heteroatoms. The van der Waals surface area contributed by atoms with E-state index in [0.29, 0.717) is 37.3 Å². The van der Waals surface area contributed by atoms with Crippen molar-refractivity contribution in [2.24, 2.45) is 0 Å². The Morgan fingerprint density at radius 2 is 1.54 bits per heavy atom. The van der Waals surface area contributed by atoms with Gasteiger partial charge in [-0.05, 0) is 26.8 Å². The number of amides is 3. The topological polar surface area (TPSA) is 82.6 Å².